The molecule has 0 radical (unpaired) electrons. The summed E-state index contributed by atoms with van der Waals surface area (Å²) in [6, 6.07) is 2.91. The number of methoxy groups -OCH3 is 3. The molecule has 2 fully saturated rings. The maximum atomic E-state index is 13.1. The van der Waals surface area contributed by atoms with E-state index < -0.39 is 73.1 Å². The fourth-order valence-corrected chi connectivity index (χ4v) is 5.30. The monoisotopic (exact) mass is 542 g/mol. The van der Waals surface area contributed by atoms with E-state index in [1.807, 2.05) is 0 Å². The number of hydrogen-bond acceptors (Lipinski definition) is 13. The van der Waals surface area contributed by atoms with Crippen LogP contribution in [0, 0.1) is 11.8 Å². The van der Waals surface area contributed by atoms with E-state index in [4.69, 9.17) is 33.2 Å². The van der Waals surface area contributed by atoms with E-state index in [9.17, 15) is 30.3 Å². The van der Waals surface area contributed by atoms with Crippen LogP contribution in [0.5, 0.6) is 17.2 Å². The summed E-state index contributed by atoms with van der Waals surface area (Å²) in [7, 11) is 4.29. The standard InChI is InChI=1S/C25H34O13/c1-25(31)9-15(36-22(30)11-7-13(32-2)21(34-4)14(8-11)33-3)12-5-6-35-23(17(12)25)38-24-20(29)19(28)18(27)16(10-26)37-24/h5-8,12,15-20,23-24,26-29,31H,9-10H2,1-4H3. The molecular formula is C25H34O13. The van der Waals surface area contributed by atoms with E-state index in [0.717, 1.165) is 0 Å². The molecule has 0 spiro atoms. The van der Waals surface area contributed by atoms with Gasteiger partial charge in [-0.25, -0.2) is 4.79 Å². The zero-order chi connectivity index (χ0) is 27.8. The quantitative estimate of drug-likeness (QED) is 0.261. The fraction of sp³-hybridized carbons (Fsp3) is 0.640. The number of esters is 1. The smallest absolute Gasteiger partial charge is 0.338 e. The molecule has 2 heterocycles. The Morgan fingerprint density at radius 2 is 1.68 bits per heavy atom. The van der Waals surface area contributed by atoms with Gasteiger partial charge in [0.2, 0.25) is 12.0 Å². The number of hydrogen-bond donors (Lipinski definition) is 5. The third-order valence-corrected chi connectivity index (χ3v) is 7.26. The molecule has 2 aliphatic heterocycles. The number of carbonyl (C=O) groups excluding carboxylic acids is 1. The Morgan fingerprint density at radius 1 is 1.03 bits per heavy atom. The molecule has 38 heavy (non-hydrogen) atoms. The number of ether oxygens (including phenoxy) is 7. The van der Waals surface area contributed by atoms with Crippen LogP contribution in [0.4, 0.5) is 0 Å². The summed E-state index contributed by atoms with van der Waals surface area (Å²) >= 11 is 0. The van der Waals surface area contributed by atoms with E-state index >= 15 is 0 Å². The van der Waals surface area contributed by atoms with Crippen molar-refractivity contribution in [1.82, 2.24) is 0 Å². The second kappa shape index (κ2) is 11.2. The SMILES string of the molecule is COc1cc(C(=O)OC2CC(C)(O)C3C(OC4OC(CO)C(O)C(O)C4O)OC=CC23)cc(OC)c1OC. The van der Waals surface area contributed by atoms with Crippen molar-refractivity contribution in [2.45, 2.75) is 62.0 Å². The Hall–Kier alpha value is -2.65. The zero-order valence-electron chi connectivity index (χ0n) is 21.4. The van der Waals surface area contributed by atoms with E-state index in [-0.39, 0.29) is 23.5 Å². The van der Waals surface area contributed by atoms with Crippen LogP contribution in [0.2, 0.25) is 0 Å². The van der Waals surface area contributed by atoms with Crippen molar-refractivity contribution in [2.75, 3.05) is 27.9 Å². The normalized spacial score (nSPS) is 38.2. The second-order valence-corrected chi connectivity index (χ2v) is 9.69. The van der Waals surface area contributed by atoms with Crippen molar-refractivity contribution in [2.24, 2.45) is 11.8 Å². The van der Waals surface area contributed by atoms with Crippen LogP contribution in [-0.4, -0.2) is 108 Å². The van der Waals surface area contributed by atoms with Crippen molar-refractivity contribution in [1.29, 1.82) is 0 Å². The lowest BCUT2D eigenvalue weighted by Crippen LogP contribution is -2.60. The Balaban J connectivity index is 1.52. The molecule has 1 aliphatic carbocycles. The molecule has 0 bridgehead atoms. The minimum absolute atomic E-state index is 0.0424. The van der Waals surface area contributed by atoms with Crippen LogP contribution in [0.1, 0.15) is 23.7 Å². The molecule has 10 atom stereocenters. The van der Waals surface area contributed by atoms with Gasteiger partial charge in [0.1, 0.15) is 30.5 Å². The molecule has 1 saturated heterocycles. The van der Waals surface area contributed by atoms with Crippen LogP contribution < -0.4 is 14.2 Å². The van der Waals surface area contributed by atoms with Gasteiger partial charge in [-0.05, 0) is 25.1 Å². The molecule has 3 aliphatic rings. The summed E-state index contributed by atoms with van der Waals surface area (Å²) in [5.74, 6) is -1.13. The molecule has 10 unspecified atom stereocenters. The molecule has 5 N–H and O–H groups in total. The van der Waals surface area contributed by atoms with Crippen LogP contribution in [0.15, 0.2) is 24.5 Å². The Labute approximate surface area is 219 Å². The molecule has 13 heteroatoms. The molecule has 0 amide bonds. The molecule has 0 aromatic heterocycles. The van der Waals surface area contributed by atoms with Gasteiger partial charge in [-0.1, -0.05) is 0 Å². The van der Waals surface area contributed by atoms with Gasteiger partial charge in [-0.2, -0.15) is 0 Å². The first-order valence-electron chi connectivity index (χ1n) is 12.1. The number of carbonyl (C=O) groups is 1. The van der Waals surface area contributed by atoms with Gasteiger partial charge in [-0.3, -0.25) is 0 Å². The highest BCUT2D eigenvalue weighted by Gasteiger charge is 2.58. The number of aliphatic hydroxyl groups is 5. The summed E-state index contributed by atoms with van der Waals surface area (Å²) in [6.07, 6.45) is -6.43. The highest BCUT2D eigenvalue weighted by atomic mass is 16.8. The maximum absolute atomic E-state index is 13.1. The van der Waals surface area contributed by atoms with Crippen LogP contribution in [-0.2, 0) is 18.9 Å². The van der Waals surface area contributed by atoms with E-state index in [0.29, 0.717) is 5.75 Å². The van der Waals surface area contributed by atoms with Gasteiger partial charge in [0.15, 0.2) is 17.8 Å². The molecule has 13 nitrogen and oxygen atoms in total. The van der Waals surface area contributed by atoms with Gasteiger partial charge in [0.05, 0.1) is 51.3 Å². The Bertz CT molecular complexity index is 1000. The predicted octanol–water partition coefficient (Wildman–Crippen LogP) is -0.689. The first-order valence-corrected chi connectivity index (χ1v) is 12.1. The Kier molecular flexibility index (Phi) is 8.37. The third kappa shape index (κ3) is 5.15. The minimum atomic E-state index is -1.65. The van der Waals surface area contributed by atoms with Gasteiger partial charge in [0.25, 0.3) is 0 Å². The largest absolute Gasteiger partial charge is 0.493 e. The maximum Gasteiger partial charge on any atom is 0.338 e. The summed E-state index contributed by atoms with van der Waals surface area (Å²) < 4.78 is 38.5. The lowest BCUT2D eigenvalue weighted by atomic mass is 9.85. The van der Waals surface area contributed by atoms with E-state index in [1.165, 1.54) is 39.7 Å². The van der Waals surface area contributed by atoms with Gasteiger partial charge >= 0.3 is 5.97 Å². The first kappa shape index (κ1) is 28.4. The molecular weight excluding hydrogens is 508 g/mol. The van der Waals surface area contributed by atoms with Crippen molar-refractivity contribution in [3.05, 3.63) is 30.0 Å². The van der Waals surface area contributed by atoms with Crippen molar-refractivity contribution < 1.29 is 63.5 Å². The number of aliphatic hydroxyl groups excluding tert-OH is 4. The Morgan fingerprint density at radius 3 is 2.26 bits per heavy atom. The van der Waals surface area contributed by atoms with Crippen LogP contribution in [0.3, 0.4) is 0 Å². The fourth-order valence-electron chi connectivity index (χ4n) is 5.30. The third-order valence-electron chi connectivity index (χ3n) is 7.26. The lowest BCUT2D eigenvalue weighted by Gasteiger charge is -2.43. The lowest BCUT2D eigenvalue weighted by molar-refractivity contribution is -0.346. The van der Waals surface area contributed by atoms with Crippen LogP contribution in [0.25, 0.3) is 0 Å². The van der Waals surface area contributed by atoms with Crippen LogP contribution >= 0.6 is 0 Å². The molecule has 4 rings (SSSR count). The van der Waals surface area contributed by atoms with Gasteiger partial charge in [0, 0.05) is 12.3 Å². The number of benzene rings is 1. The van der Waals surface area contributed by atoms with E-state index in [1.54, 1.807) is 13.0 Å². The summed E-state index contributed by atoms with van der Waals surface area (Å²) in [6.45, 7) is 0.920. The van der Waals surface area contributed by atoms with E-state index in [2.05, 4.69) is 0 Å². The molecule has 1 aromatic rings. The summed E-state index contributed by atoms with van der Waals surface area (Å²) in [5, 5.41) is 51.2. The summed E-state index contributed by atoms with van der Waals surface area (Å²) in [4.78, 5) is 13.1. The average Bonchev–Trinajstić information content (AvgIpc) is 3.17. The minimum Gasteiger partial charge on any atom is -0.493 e. The average molecular weight is 543 g/mol. The first-order chi connectivity index (χ1) is 18.1. The van der Waals surface area contributed by atoms with Crippen molar-refractivity contribution >= 4 is 5.97 Å². The molecule has 212 valence electrons. The van der Waals surface area contributed by atoms with Gasteiger partial charge < -0.3 is 58.7 Å². The number of rotatable bonds is 8. The second-order valence-electron chi connectivity index (χ2n) is 9.69. The predicted molar refractivity (Wildman–Crippen MR) is 126 cm³/mol. The van der Waals surface area contributed by atoms with Gasteiger partial charge in [-0.15, -0.1) is 0 Å². The topological polar surface area (TPSA) is 183 Å². The molecule has 1 aromatic carbocycles. The highest BCUT2D eigenvalue weighted by molar-refractivity contribution is 5.91. The molecule has 1 saturated carbocycles. The van der Waals surface area contributed by atoms with Crippen molar-refractivity contribution in [3.8, 4) is 17.2 Å². The number of fused-ring (bicyclic) bond motifs is 1. The summed E-state index contributed by atoms with van der Waals surface area (Å²) in [5.41, 5.74) is -1.29. The zero-order valence-corrected chi connectivity index (χ0v) is 21.4. The highest BCUT2D eigenvalue weighted by Crippen LogP contribution is 2.48. The van der Waals surface area contributed by atoms with Crippen molar-refractivity contribution in [3.63, 3.8) is 0 Å².